The summed E-state index contributed by atoms with van der Waals surface area (Å²) in [6.45, 7) is 2.48. The van der Waals surface area contributed by atoms with Gasteiger partial charge in [-0.1, -0.05) is 30.3 Å². The van der Waals surface area contributed by atoms with Crippen LogP contribution in [0.3, 0.4) is 0 Å². The molecule has 13 heteroatoms. The van der Waals surface area contributed by atoms with E-state index in [1.165, 1.54) is 0 Å². The van der Waals surface area contributed by atoms with E-state index in [2.05, 4.69) is 41.3 Å². The minimum absolute atomic E-state index is 0.171. The average Bonchev–Trinajstić information content (AvgIpc) is 3.77. The van der Waals surface area contributed by atoms with E-state index in [4.69, 9.17) is 14.6 Å². The molecule has 0 aliphatic carbocycles. The Kier molecular flexibility index (Phi) is 9.20. The van der Waals surface area contributed by atoms with E-state index in [-0.39, 0.29) is 5.91 Å². The summed E-state index contributed by atoms with van der Waals surface area (Å²) in [4.78, 5) is 33.6. The van der Waals surface area contributed by atoms with Gasteiger partial charge in [-0.05, 0) is 65.1 Å². The van der Waals surface area contributed by atoms with Crippen molar-refractivity contribution in [1.82, 2.24) is 40.6 Å². The fourth-order valence-corrected chi connectivity index (χ4v) is 5.73. The summed E-state index contributed by atoms with van der Waals surface area (Å²) in [5.74, 6) is 1.72. The number of thiazole rings is 1. The summed E-state index contributed by atoms with van der Waals surface area (Å²) >= 11 is 1.69. The number of amides is 1. The Morgan fingerprint density at radius 3 is 2.51 bits per heavy atom. The van der Waals surface area contributed by atoms with Gasteiger partial charge in [-0.25, -0.2) is 25.1 Å². The van der Waals surface area contributed by atoms with Crippen molar-refractivity contribution in [2.75, 3.05) is 18.0 Å². The van der Waals surface area contributed by atoms with Gasteiger partial charge in [0.1, 0.15) is 18.7 Å². The van der Waals surface area contributed by atoms with Crippen molar-refractivity contribution >= 4 is 23.2 Å². The van der Waals surface area contributed by atoms with Crippen LogP contribution in [-0.4, -0.2) is 54.2 Å². The summed E-state index contributed by atoms with van der Waals surface area (Å²) in [7, 11) is 0. The molecule has 43 heavy (non-hydrogen) atoms. The second kappa shape index (κ2) is 13.9. The second-order valence-corrected chi connectivity index (χ2v) is 11.1. The van der Waals surface area contributed by atoms with Crippen LogP contribution in [0.25, 0.3) is 5.69 Å². The molecular formula is C30H31N9O3S. The number of nitrogens with one attached hydrogen (secondary N) is 1. The van der Waals surface area contributed by atoms with E-state index < -0.39 is 0 Å². The van der Waals surface area contributed by atoms with Gasteiger partial charge in [0.15, 0.2) is 0 Å². The number of hydrogen-bond acceptors (Lipinski definition) is 11. The zero-order valence-corrected chi connectivity index (χ0v) is 24.3. The van der Waals surface area contributed by atoms with Crippen molar-refractivity contribution in [2.24, 2.45) is 0 Å². The monoisotopic (exact) mass is 597 g/mol. The SMILES string of the molecule is O=C(CCc1cnc(N2CCC(c3nc(COc4ccc(-n5cnnn5)cc4)cs3)CC2)nc1)NOCc1ccccc1. The van der Waals surface area contributed by atoms with Crippen molar-refractivity contribution < 1.29 is 14.4 Å². The molecule has 1 N–H and O–H groups in total. The molecule has 5 aromatic rings. The molecule has 1 aliphatic heterocycles. The third-order valence-electron chi connectivity index (χ3n) is 7.13. The minimum atomic E-state index is -0.171. The van der Waals surface area contributed by atoms with Crippen LogP contribution < -0.4 is 15.1 Å². The van der Waals surface area contributed by atoms with E-state index in [1.807, 2.05) is 54.6 Å². The smallest absolute Gasteiger partial charge is 0.243 e. The number of carbonyl (C=O) groups is 1. The van der Waals surface area contributed by atoms with Crippen LogP contribution in [0.1, 0.15) is 47.0 Å². The molecule has 3 aromatic heterocycles. The van der Waals surface area contributed by atoms with Gasteiger partial charge in [-0.2, -0.15) is 0 Å². The molecule has 1 amide bonds. The first-order valence-corrected chi connectivity index (χ1v) is 15.0. The van der Waals surface area contributed by atoms with E-state index in [9.17, 15) is 4.79 Å². The number of piperidine rings is 1. The lowest BCUT2D eigenvalue weighted by Crippen LogP contribution is -2.34. The molecule has 4 heterocycles. The van der Waals surface area contributed by atoms with Crippen LogP contribution in [0, 0.1) is 0 Å². The summed E-state index contributed by atoms with van der Waals surface area (Å²) < 4.78 is 7.54. The highest BCUT2D eigenvalue weighted by atomic mass is 32.1. The molecule has 0 spiro atoms. The Labute approximate surface area is 252 Å². The largest absolute Gasteiger partial charge is 0.487 e. The van der Waals surface area contributed by atoms with Crippen LogP contribution >= 0.6 is 11.3 Å². The van der Waals surface area contributed by atoms with Crippen molar-refractivity contribution in [2.45, 2.75) is 44.8 Å². The number of anilines is 1. The molecule has 2 aromatic carbocycles. The Morgan fingerprint density at radius 2 is 1.77 bits per heavy atom. The van der Waals surface area contributed by atoms with Crippen molar-refractivity contribution in [3.63, 3.8) is 0 Å². The van der Waals surface area contributed by atoms with Crippen LogP contribution in [0.15, 0.2) is 78.7 Å². The third-order valence-corrected chi connectivity index (χ3v) is 8.19. The molecule has 0 unspecified atom stereocenters. The maximum absolute atomic E-state index is 12.1. The summed E-state index contributed by atoms with van der Waals surface area (Å²) in [6, 6.07) is 17.3. The third kappa shape index (κ3) is 7.76. The highest BCUT2D eigenvalue weighted by Gasteiger charge is 2.24. The topological polar surface area (TPSA) is 133 Å². The predicted octanol–water partition coefficient (Wildman–Crippen LogP) is 4.05. The number of benzene rings is 2. The van der Waals surface area contributed by atoms with E-state index in [0.717, 1.165) is 65.1 Å². The van der Waals surface area contributed by atoms with E-state index in [0.29, 0.717) is 32.0 Å². The number of hydrogen-bond donors (Lipinski definition) is 1. The fraction of sp³-hybridized carbons (Fsp3) is 0.300. The van der Waals surface area contributed by atoms with Crippen LogP contribution in [0.4, 0.5) is 5.95 Å². The molecule has 1 saturated heterocycles. The lowest BCUT2D eigenvalue weighted by molar-refractivity contribution is -0.134. The Morgan fingerprint density at radius 1 is 0.977 bits per heavy atom. The summed E-state index contributed by atoms with van der Waals surface area (Å²) in [6.07, 6.45) is 7.98. The molecule has 0 atom stereocenters. The zero-order valence-electron chi connectivity index (χ0n) is 23.5. The maximum atomic E-state index is 12.1. The normalized spacial score (nSPS) is 13.6. The summed E-state index contributed by atoms with van der Waals surface area (Å²) in [5, 5.41) is 14.4. The first-order valence-electron chi connectivity index (χ1n) is 14.1. The number of ether oxygens (including phenoxy) is 1. The molecular weight excluding hydrogens is 566 g/mol. The van der Waals surface area contributed by atoms with Crippen LogP contribution in [0.5, 0.6) is 5.75 Å². The number of hydroxylamine groups is 1. The van der Waals surface area contributed by atoms with Gasteiger partial charge in [0.05, 0.1) is 23.0 Å². The number of carbonyl (C=O) groups excluding carboxylic acids is 1. The van der Waals surface area contributed by atoms with Gasteiger partial charge in [0.25, 0.3) is 0 Å². The minimum Gasteiger partial charge on any atom is -0.487 e. The number of aromatic nitrogens is 7. The Hall–Kier alpha value is -4.75. The van der Waals surface area contributed by atoms with Crippen molar-refractivity contribution in [3.05, 3.63) is 101 Å². The Bertz CT molecular complexity index is 1570. The average molecular weight is 598 g/mol. The first-order chi connectivity index (χ1) is 21.2. The van der Waals surface area contributed by atoms with Gasteiger partial charge in [0, 0.05) is 43.2 Å². The lowest BCUT2D eigenvalue weighted by Gasteiger charge is -2.31. The summed E-state index contributed by atoms with van der Waals surface area (Å²) in [5.41, 5.74) is 6.21. The molecule has 0 radical (unpaired) electrons. The van der Waals surface area contributed by atoms with Crippen LogP contribution in [-0.2, 0) is 29.3 Å². The van der Waals surface area contributed by atoms with Gasteiger partial charge < -0.3 is 9.64 Å². The second-order valence-electron chi connectivity index (χ2n) is 10.2. The first kappa shape index (κ1) is 28.4. The quantitative estimate of drug-likeness (QED) is 0.210. The highest BCUT2D eigenvalue weighted by molar-refractivity contribution is 7.09. The molecule has 1 aliphatic rings. The number of nitrogens with zero attached hydrogens (tertiary/aromatic N) is 8. The van der Waals surface area contributed by atoms with Gasteiger partial charge in [0.2, 0.25) is 11.9 Å². The lowest BCUT2D eigenvalue weighted by atomic mass is 9.98. The fourth-order valence-electron chi connectivity index (χ4n) is 4.76. The maximum Gasteiger partial charge on any atom is 0.243 e. The number of rotatable bonds is 12. The van der Waals surface area contributed by atoms with Crippen molar-refractivity contribution in [1.29, 1.82) is 0 Å². The van der Waals surface area contributed by atoms with E-state index in [1.54, 1.807) is 34.7 Å². The number of tetrazole rings is 1. The predicted molar refractivity (Wildman–Crippen MR) is 160 cm³/mol. The Balaban J connectivity index is 0.910. The van der Waals surface area contributed by atoms with Crippen LogP contribution in [0.2, 0.25) is 0 Å². The number of aryl methyl sites for hydroxylation is 1. The zero-order chi connectivity index (χ0) is 29.3. The molecule has 12 nitrogen and oxygen atoms in total. The van der Waals surface area contributed by atoms with Crippen molar-refractivity contribution in [3.8, 4) is 11.4 Å². The van der Waals surface area contributed by atoms with Gasteiger partial charge in [-0.15, -0.1) is 16.4 Å². The van der Waals surface area contributed by atoms with E-state index >= 15 is 0 Å². The molecule has 0 saturated carbocycles. The van der Waals surface area contributed by atoms with Gasteiger partial charge >= 0.3 is 0 Å². The van der Waals surface area contributed by atoms with Gasteiger partial charge in [-0.3, -0.25) is 9.63 Å². The molecule has 220 valence electrons. The standard InChI is InChI=1S/C30H31N9O3S/c40-28(35-42-18-22-4-2-1-3-5-22)11-6-23-16-31-30(32-17-23)38-14-12-24(13-15-38)29-34-25(20-43-29)19-41-27-9-7-26(8-10-27)39-21-33-36-37-39/h1-5,7-10,16-17,20-21,24H,6,11-15,18-19H2,(H,35,40). The molecule has 0 bridgehead atoms. The molecule has 6 rings (SSSR count). The highest BCUT2D eigenvalue weighted by Crippen LogP contribution is 2.31. The molecule has 1 fully saturated rings.